The number of rotatable bonds is 7. The van der Waals surface area contributed by atoms with Crippen LogP contribution in [-0.4, -0.2) is 35.0 Å². The van der Waals surface area contributed by atoms with E-state index in [0.717, 1.165) is 12.0 Å². The Balaban J connectivity index is 0.00000220. The predicted molar refractivity (Wildman–Crippen MR) is 74.3 cm³/mol. The van der Waals surface area contributed by atoms with Crippen LogP contribution in [0, 0.1) is 5.82 Å². The van der Waals surface area contributed by atoms with Gasteiger partial charge in [0.15, 0.2) is 11.6 Å². The minimum Gasteiger partial charge on any atom is -0.434 e. The fourth-order valence-electron chi connectivity index (χ4n) is 1.67. The van der Waals surface area contributed by atoms with Crippen molar-refractivity contribution in [1.82, 2.24) is 15.5 Å². The normalized spacial score (nSPS) is 10.5. The van der Waals surface area contributed by atoms with Crippen LogP contribution in [0.2, 0.25) is 0 Å². The van der Waals surface area contributed by atoms with Gasteiger partial charge in [-0.1, -0.05) is 6.07 Å². The first-order valence-corrected chi connectivity index (χ1v) is 6.35. The van der Waals surface area contributed by atoms with Gasteiger partial charge in [-0.2, -0.15) is 5.10 Å². The first kappa shape index (κ1) is 14.4. The highest BCUT2D eigenvalue weighted by atomic mass is 19.1. The predicted octanol–water partition coefficient (Wildman–Crippen LogP) is 1.78. The summed E-state index contributed by atoms with van der Waals surface area (Å²) in [4.78, 5) is 0. The second-order valence-electron chi connectivity index (χ2n) is 4.15. The van der Waals surface area contributed by atoms with E-state index in [9.17, 15) is 4.39 Å². The molecule has 108 valence electrons. The van der Waals surface area contributed by atoms with Crippen LogP contribution in [0.15, 0.2) is 36.5 Å². The van der Waals surface area contributed by atoms with Crippen LogP contribution in [0.4, 0.5) is 4.39 Å². The topological polar surface area (TPSA) is 67.3 Å². The monoisotopic (exact) mass is 279 g/mol. The summed E-state index contributed by atoms with van der Waals surface area (Å²) in [7, 11) is 0. The highest BCUT2D eigenvalue weighted by molar-refractivity contribution is 5.33. The van der Waals surface area contributed by atoms with Gasteiger partial charge in [0, 0.05) is 20.2 Å². The lowest BCUT2D eigenvalue weighted by atomic mass is 10.1. The van der Waals surface area contributed by atoms with Gasteiger partial charge in [-0.05, 0) is 36.7 Å². The van der Waals surface area contributed by atoms with Crippen molar-refractivity contribution in [2.75, 3.05) is 19.7 Å². The number of aromatic nitrogens is 2. The van der Waals surface area contributed by atoms with Gasteiger partial charge in [0.1, 0.15) is 0 Å². The molecule has 5 nitrogen and oxygen atoms in total. The molecular weight excluding hydrogens is 261 g/mol. The maximum atomic E-state index is 13.7. The summed E-state index contributed by atoms with van der Waals surface area (Å²) in [6, 6.07) is 8.00. The minimum absolute atomic E-state index is 0. The standard InChI is InChI=1S/C14H16FN3O2.H2/c15-12-4-3-11(5-7-16-8-9-19)10-13(12)20-14-2-1-6-17-18-14;/h1-4,6,10,16,19H,5,7-9H2;1H. The third-order valence-corrected chi connectivity index (χ3v) is 2.64. The maximum absolute atomic E-state index is 13.7. The van der Waals surface area contributed by atoms with E-state index in [4.69, 9.17) is 9.84 Å². The second-order valence-corrected chi connectivity index (χ2v) is 4.15. The number of aliphatic hydroxyl groups excluding tert-OH is 1. The highest BCUT2D eigenvalue weighted by Crippen LogP contribution is 2.23. The number of benzene rings is 1. The number of ether oxygens (including phenoxy) is 1. The van der Waals surface area contributed by atoms with Gasteiger partial charge in [-0.15, -0.1) is 5.10 Å². The van der Waals surface area contributed by atoms with Crippen LogP contribution in [0.5, 0.6) is 11.6 Å². The fraction of sp³-hybridized carbons (Fsp3) is 0.286. The lowest BCUT2D eigenvalue weighted by molar-refractivity contribution is 0.293. The molecule has 0 atom stereocenters. The Bertz CT molecular complexity index is 543. The molecule has 0 radical (unpaired) electrons. The molecule has 1 aromatic heterocycles. The average molecular weight is 279 g/mol. The maximum Gasteiger partial charge on any atom is 0.238 e. The van der Waals surface area contributed by atoms with Crippen LogP contribution in [0.3, 0.4) is 0 Å². The van der Waals surface area contributed by atoms with E-state index in [-0.39, 0.29) is 19.7 Å². The number of hydrogen-bond donors (Lipinski definition) is 2. The van der Waals surface area contributed by atoms with Crippen LogP contribution < -0.4 is 10.1 Å². The zero-order chi connectivity index (χ0) is 14.2. The number of aliphatic hydroxyl groups is 1. The fourth-order valence-corrected chi connectivity index (χ4v) is 1.67. The van der Waals surface area contributed by atoms with Crippen molar-refractivity contribution in [3.63, 3.8) is 0 Å². The largest absolute Gasteiger partial charge is 0.434 e. The Hall–Kier alpha value is -2.05. The molecular formula is C14H18FN3O2. The molecule has 0 spiro atoms. The lowest BCUT2D eigenvalue weighted by Gasteiger charge is -2.08. The van der Waals surface area contributed by atoms with Crippen molar-refractivity contribution in [3.8, 4) is 11.6 Å². The van der Waals surface area contributed by atoms with Gasteiger partial charge in [-0.3, -0.25) is 0 Å². The molecule has 2 rings (SSSR count). The van der Waals surface area contributed by atoms with Crippen molar-refractivity contribution in [1.29, 1.82) is 0 Å². The second kappa shape index (κ2) is 7.52. The molecule has 0 saturated carbocycles. The van der Waals surface area contributed by atoms with Crippen molar-refractivity contribution in [3.05, 3.63) is 47.9 Å². The summed E-state index contributed by atoms with van der Waals surface area (Å²) in [5.41, 5.74) is 0.940. The Labute approximate surface area is 117 Å². The van der Waals surface area contributed by atoms with E-state index in [2.05, 4.69) is 15.5 Å². The first-order valence-electron chi connectivity index (χ1n) is 6.35. The van der Waals surface area contributed by atoms with Crippen molar-refractivity contribution in [2.24, 2.45) is 0 Å². The Morgan fingerprint density at radius 1 is 1.30 bits per heavy atom. The highest BCUT2D eigenvalue weighted by Gasteiger charge is 2.07. The third-order valence-electron chi connectivity index (χ3n) is 2.64. The number of nitrogens with zero attached hydrogens (tertiary/aromatic N) is 2. The summed E-state index contributed by atoms with van der Waals surface area (Å²) < 4.78 is 19.0. The van der Waals surface area contributed by atoms with Crippen LogP contribution in [0.1, 0.15) is 6.99 Å². The summed E-state index contributed by atoms with van der Waals surface area (Å²) in [6.07, 6.45) is 2.24. The Morgan fingerprint density at radius 3 is 2.95 bits per heavy atom. The molecule has 1 aromatic carbocycles. The summed E-state index contributed by atoms with van der Waals surface area (Å²) >= 11 is 0. The molecule has 0 aliphatic carbocycles. The van der Waals surface area contributed by atoms with Crippen molar-refractivity contribution < 1.29 is 15.7 Å². The number of nitrogens with one attached hydrogen (secondary N) is 1. The van der Waals surface area contributed by atoms with Gasteiger partial charge < -0.3 is 15.2 Å². The minimum atomic E-state index is -0.442. The molecule has 20 heavy (non-hydrogen) atoms. The third kappa shape index (κ3) is 4.25. The van der Waals surface area contributed by atoms with Crippen LogP contribution in [0.25, 0.3) is 0 Å². The molecule has 1 heterocycles. The van der Waals surface area contributed by atoms with Crippen molar-refractivity contribution in [2.45, 2.75) is 6.42 Å². The lowest BCUT2D eigenvalue weighted by Crippen LogP contribution is -2.20. The summed E-state index contributed by atoms with van der Waals surface area (Å²) in [5, 5.41) is 19.1. The molecule has 0 unspecified atom stereocenters. The molecule has 0 fully saturated rings. The van der Waals surface area contributed by atoms with Crippen molar-refractivity contribution >= 4 is 0 Å². The molecule has 0 bridgehead atoms. The summed E-state index contributed by atoms with van der Waals surface area (Å²) in [6.45, 7) is 1.35. The van der Waals surface area contributed by atoms with E-state index in [1.807, 2.05) is 0 Å². The zero-order valence-electron chi connectivity index (χ0n) is 10.9. The van der Waals surface area contributed by atoms with Crippen LogP contribution in [-0.2, 0) is 6.42 Å². The van der Waals surface area contributed by atoms with Gasteiger partial charge in [0.25, 0.3) is 0 Å². The molecule has 0 saturated heterocycles. The Kier molecular flexibility index (Phi) is 5.40. The molecule has 0 aliphatic heterocycles. The van der Waals surface area contributed by atoms with Gasteiger partial charge in [0.05, 0.1) is 6.61 Å². The molecule has 6 heteroatoms. The Morgan fingerprint density at radius 2 is 2.20 bits per heavy atom. The van der Waals surface area contributed by atoms with Gasteiger partial charge in [0.2, 0.25) is 5.88 Å². The first-order chi connectivity index (χ1) is 9.79. The van der Waals surface area contributed by atoms with E-state index in [1.54, 1.807) is 24.3 Å². The van der Waals surface area contributed by atoms with Gasteiger partial charge >= 0.3 is 0 Å². The van der Waals surface area contributed by atoms with Crippen LogP contribution >= 0.6 is 0 Å². The number of halogens is 1. The smallest absolute Gasteiger partial charge is 0.238 e. The number of hydrogen-bond acceptors (Lipinski definition) is 5. The summed E-state index contributed by atoms with van der Waals surface area (Å²) in [5.74, 6) is -0.0603. The molecule has 2 aromatic rings. The zero-order valence-corrected chi connectivity index (χ0v) is 10.9. The van der Waals surface area contributed by atoms with E-state index >= 15 is 0 Å². The molecule has 2 N–H and O–H groups in total. The van der Waals surface area contributed by atoms with E-state index < -0.39 is 5.82 Å². The SMILES string of the molecule is OCCNCCc1ccc(F)c(Oc2cccnn2)c1.[HH]. The quantitative estimate of drug-likeness (QED) is 0.756. The molecule has 0 amide bonds. The molecule has 0 aliphatic rings. The van der Waals surface area contributed by atoms with Gasteiger partial charge in [-0.25, -0.2) is 4.39 Å². The van der Waals surface area contributed by atoms with E-state index in [0.29, 0.717) is 13.1 Å². The van der Waals surface area contributed by atoms with E-state index in [1.165, 1.54) is 12.3 Å². The average Bonchev–Trinajstić information content (AvgIpc) is 2.48.